The molecule has 4 N–H and O–H groups in total. The van der Waals surface area contributed by atoms with Crippen molar-refractivity contribution in [2.75, 3.05) is 11.4 Å². The summed E-state index contributed by atoms with van der Waals surface area (Å²) in [6.07, 6.45) is 3.68. The Morgan fingerprint density at radius 1 is 1.47 bits per heavy atom. The van der Waals surface area contributed by atoms with Gasteiger partial charge in [0.15, 0.2) is 0 Å². The molecule has 19 heavy (non-hydrogen) atoms. The number of pyridine rings is 1. The number of nitrogens with zero attached hydrogens (tertiary/aromatic N) is 2. The average molecular weight is 262 g/mol. The standard InChI is InChI=1S/C14H22N4O/c1-9-3-4-11(14(16)19)8-18(9)12-5-6-13(10(2)15)17-7-12/h5-7,9-11H,3-4,8,15H2,1-2H3,(H2,16,19)/t9?,10-,11?/m1/s1. The van der Waals surface area contributed by atoms with Crippen LogP contribution in [0.4, 0.5) is 5.69 Å². The van der Waals surface area contributed by atoms with E-state index in [9.17, 15) is 4.79 Å². The lowest BCUT2D eigenvalue weighted by Crippen LogP contribution is -2.46. The van der Waals surface area contributed by atoms with E-state index in [1.54, 1.807) is 0 Å². The molecule has 0 aromatic carbocycles. The molecule has 2 heterocycles. The topological polar surface area (TPSA) is 85.2 Å². The largest absolute Gasteiger partial charge is 0.369 e. The van der Waals surface area contributed by atoms with E-state index >= 15 is 0 Å². The molecule has 1 amide bonds. The van der Waals surface area contributed by atoms with Gasteiger partial charge >= 0.3 is 0 Å². The highest BCUT2D eigenvalue weighted by atomic mass is 16.1. The summed E-state index contributed by atoms with van der Waals surface area (Å²) in [6.45, 7) is 4.75. The van der Waals surface area contributed by atoms with E-state index in [0.717, 1.165) is 24.2 Å². The van der Waals surface area contributed by atoms with Crippen LogP contribution >= 0.6 is 0 Å². The van der Waals surface area contributed by atoms with Gasteiger partial charge in [-0.05, 0) is 38.8 Å². The summed E-state index contributed by atoms with van der Waals surface area (Å²) in [4.78, 5) is 17.9. The Balaban J connectivity index is 2.16. The van der Waals surface area contributed by atoms with Gasteiger partial charge in [-0.25, -0.2) is 0 Å². The maximum atomic E-state index is 11.3. The van der Waals surface area contributed by atoms with Gasteiger partial charge in [0.1, 0.15) is 0 Å². The van der Waals surface area contributed by atoms with Gasteiger partial charge < -0.3 is 16.4 Å². The van der Waals surface area contributed by atoms with Crippen LogP contribution in [-0.4, -0.2) is 23.5 Å². The second kappa shape index (κ2) is 5.57. The van der Waals surface area contributed by atoms with Gasteiger partial charge in [0, 0.05) is 18.6 Å². The number of hydrogen-bond acceptors (Lipinski definition) is 4. The van der Waals surface area contributed by atoms with Gasteiger partial charge in [0.25, 0.3) is 0 Å². The monoisotopic (exact) mass is 262 g/mol. The Morgan fingerprint density at radius 3 is 2.74 bits per heavy atom. The summed E-state index contributed by atoms with van der Waals surface area (Å²) < 4.78 is 0. The van der Waals surface area contributed by atoms with Crippen molar-refractivity contribution >= 4 is 11.6 Å². The van der Waals surface area contributed by atoms with Crippen LogP contribution in [0.25, 0.3) is 0 Å². The molecule has 1 aromatic heterocycles. The number of carbonyl (C=O) groups is 1. The van der Waals surface area contributed by atoms with E-state index in [1.165, 1.54) is 0 Å². The van der Waals surface area contributed by atoms with Gasteiger partial charge in [-0.15, -0.1) is 0 Å². The second-order valence-electron chi connectivity index (χ2n) is 5.41. The minimum absolute atomic E-state index is 0.0637. The third kappa shape index (κ3) is 3.04. The van der Waals surface area contributed by atoms with Gasteiger partial charge in [0.2, 0.25) is 5.91 Å². The zero-order chi connectivity index (χ0) is 14.0. The van der Waals surface area contributed by atoms with Crippen LogP contribution < -0.4 is 16.4 Å². The molecule has 3 atom stereocenters. The molecule has 1 fully saturated rings. The highest BCUT2D eigenvalue weighted by Gasteiger charge is 2.28. The Hall–Kier alpha value is -1.62. The summed E-state index contributed by atoms with van der Waals surface area (Å²) in [5.41, 5.74) is 13.1. The quantitative estimate of drug-likeness (QED) is 0.857. The van der Waals surface area contributed by atoms with E-state index in [-0.39, 0.29) is 17.9 Å². The van der Waals surface area contributed by atoms with Crippen molar-refractivity contribution in [3.05, 3.63) is 24.0 Å². The molecular formula is C14H22N4O. The molecule has 104 valence electrons. The van der Waals surface area contributed by atoms with Crippen LogP contribution in [0.15, 0.2) is 18.3 Å². The van der Waals surface area contributed by atoms with Crippen LogP contribution in [-0.2, 0) is 4.79 Å². The predicted molar refractivity (Wildman–Crippen MR) is 75.6 cm³/mol. The lowest BCUT2D eigenvalue weighted by molar-refractivity contribution is -0.122. The number of anilines is 1. The van der Waals surface area contributed by atoms with E-state index in [2.05, 4.69) is 16.8 Å². The first kappa shape index (κ1) is 13.8. The van der Waals surface area contributed by atoms with Gasteiger partial charge in [-0.3, -0.25) is 9.78 Å². The maximum Gasteiger partial charge on any atom is 0.222 e. The molecular weight excluding hydrogens is 240 g/mol. The second-order valence-corrected chi connectivity index (χ2v) is 5.41. The van der Waals surface area contributed by atoms with E-state index < -0.39 is 0 Å². The molecule has 0 saturated carbocycles. The Bertz CT molecular complexity index is 443. The zero-order valence-electron chi connectivity index (χ0n) is 11.5. The summed E-state index contributed by atoms with van der Waals surface area (Å²) in [6, 6.07) is 4.30. The summed E-state index contributed by atoms with van der Waals surface area (Å²) in [7, 11) is 0. The predicted octanol–water partition coefficient (Wildman–Crippen LogP) is 1.19. The van der Waals surface area contributed by atoms with E-state index in [0.29, 0.717) is 12.6 Å². The number of piperidine rings is 1. The van der Waals surface area contributed by atoms with Gasteiger partial charge in [-0.2, -0.15) is 0 Å². The van der Waals surface area contributed by atoms with Crippen molar-refractivity contribution in [3.8, 4) is 0 Å². The molecule has 1 aliphatic heterocycles. The number of hydrogen-bond donors (Lipinski definition) is 2. The number of amides is 1. The number of nitrogens with two attached hydrogens (primary N) is 2. The van der Waals surface area contributed by atoms with Crippen LogP contribution in [0.5, 0.6) is 0 Å². The van der Waals surface area contributed by atoms with Crippen molar-refractivity contribution in [2.24, 2.45) is 17.4 Å². The smallest absolute Gasteiger partial charge is 0.222 e. The fourth-order valence-corrected chi connectivity index (χ4v) is 2.54. The van der Waals surface area contributed by atoms with E-state index in [1.807, 2.05) is 25.3 Å². The van der Waals surface area contributed by atoms with Crippen LogP contribution in [0.3, 0.4) is 0 Å². The summed E-state index contributed by atoms with van der Waals surface area (Å²) in [5.74, 6) is -0.277. The fourth-order valence-electron chi connectivity index (χ4n) is 2.54. The van der Waals surface area contributed by atoms with Crippen LogP contribution in [0, 0.1) is 5.92 Å². The Kier molecular flexibility index (Phi) is 4.04. The van der Waals surface area contributed by atoms with Gasteiger partial charge in [0.05, 0.1) is 23.5 Å². The molecule has 1 saturated heterocycles. The lowest BCUT2D eigenvalue weighted by atomic mass is 9.92. The third-order valence-electron chi connectivity index (χ3n) is 3.85. The van der Waals surface area contributed by atoms with Gasteiger partial charge in [-0.1, -0.05) is 0 Å². The SMILES string of the molecule is CC1CCC(C(N)=O)CN1c1ccc([C@@H](C)N)nc1. The molecule has 1 aromatic rings. The number of primary amides is 1. The first-order valence-electron chi connectivity index (χ1n) is 6.76. The van der Waals surface area contributed by atoms with Crippen LogP contribution in [0.2, 0.25) is 0 Å². The molecule has 2 rings (SSSR count). The maximum absolute atomic E-state index is 11.3. The molecule has 2 unspecified atom stereocenters. The average Bonchev–Trinajstić information content (AvgIpc) is 2.39. The molecule has 0 bridgehead atoms. The highest BCUT2D eigenvalue weighted by molar-refractivity contribution is 5.77. The van der Waals surface area contributed by atoms with Crippen LogP contribution in [0.1, 0.15) is 38.4 Å². The van der Waals surface area contributed by atoms with Crippen molar-refractivity contribution < 1.29 is 4.79 Å². The molecule has 5 nitrogen and oxygen atoms in total. The summed E-state index contributed by atoms with van der Waals surface area (Å²) >= 11 is 0. The minimum atomic E-state index is -0.211. The molecule has 0 radical (unpaired) electrons. The Labute approximate surface area is 114 Å². The Morgan fingerprint density at radius 2 is 2.21 bits per heavy atom. The number of aromatic nitrogens is 1. The third-order valence-corrected chi connectivity index (χ3v) is 3.85. The molecule has 0 aliphatic carbocycles. The normalized spacial score (nSPS) is 25.1. The molecule has 5 heteroatoms. The minimum Gasteiger partial charge on any atom is -0.369 e. The van der Waals surface area contributed by atoms with Crippen molar-refractivity contribution in [1.82, 2.24) is 4.98 Å². The first-order chi connectivity index (χ1) is 8.99. The zero-order valence-corrected chi connectivity index (χ0v) is 11.5. The summed E-state index contributed by atoms with van der Waals surface area (Å²) in [5, 5.41) is 0. The van der Waals surface area contributed by atoms with Crippen molar-refractivity contribution in [3.63, 3.8) is 0 Å². The van der Waals surface area contributed by atoms with E-state index in [4.69, 9.17) is 11.5 Å². The highest BCUT2D eigenvalue weighted by Crippen LogP contribution is 2.27. The first-order valence-corrected chi connectivity index (χ1v) is 6.76. The number of carbonyl (C=O) groups excluding carboxylic acids is 1. The molecule has 0 spiro atoms. The fraction of sp³-hybridized carbons (Fsp3) is 0.571. The van der Waals surface area contributed by atoms with Crippen molar-refractivity contribution in [1.29, 1.82) is 0 Å². The molecule has 1 aliphatic rings. The lowest BCUT2D eigenvalue weighted by Gasteiger charge is -2.38. The number of rotatable bonds is 3. The van der Waals surface area contributed by atoms with Crippen molar-refractivity contribution in [2.45, 2.75) is 38.8 Å².